The van der Waals surface area contributed by atoms with Gasteiger partial charge in [-0.25, -0.2) is 4.39 Å². The molecule has 1 aromatic rings. The van der Waals surface area contributed by atoms with E-state index >= 15 is 0 Å². The van der Waals surface area contributed by atoms with E-state index in [1.807, 2.05) is 13.1 Å². The lowest BCUT2D eigenvalue weighted by Crippen LogP contribution is -2.27. The van der Waals surface area contributed by atoms with E-state index in [2.05, 4.69) is 41.8 Å². The summed E-state index contributed by atoms with van der Waals surface area (Å²) in [5.74, 6) is 0.386. The van der Waals surface area contributed by atoms with Gasteiger partial charge in [-0.3, -0.25) is 0 Å². The van der Waals surface area contributed by atoms with Crippen molar-refractivity contribution in [2.75, 3.05) is 7.05 Å². The van der Waals surface area contributed by atoms with Crippen molar-refractivity contribution in [3.63, 3.8) is 0 Å². The van der Waals surface area contributed by atoms with E-state index < -0.39 is 0 Å². The average molecular weight is 296 g/mol. The number of rotatable bonds is 2. The van der Waals surface area contributed by atoms with Crippen LogP contribution in [0.25, 0.3) is 0 Å². The molecule has 22 heavy (non-hydrogen) atoms. The molecular formula is C19H21FN2. The van der Waals surface area contributed by atoms with E-state index in [0.29, 0.717) is 12.0 Å². The summed E-state index contributed by atoms with van der Waals surface area (Å²) >= 11 is 0. The summed E-state index contributed by atoms with van der Waals surface area (Å²) in [6.45, 7) is 2.13. The van der Waals surface area contributed by atoms with Gasteiger partial charge >= 0.3 is 0 Å². The normalized spacial score (nSPS) is 32.6. The minimum Gasteiger partial charge on any atom is -0.381 e. The standard InChI is InChI=1S/C19H21FN2/c1-11-19(16-9-12(20)7-8-17(16)22-11)15-10-18(21-2)14-6-4-3-5-13(14)15/h3-9,15-18,21-22H,10H2,1-2H3. The molecule has 2 nitrogen and oxygen atoms in total. The Bertz CT molecular complexity index is 701. The Hall–Kier alpha value is -1.87. The Balaban J connectivity index is 1.76. The molecule has 0 fully saturated rings. The summed E-state index contributed by atoms with van der Waals surface area (Å²) in [5.41, 5.74) is 5.34. The lowest BCUT2D eigenvalue weighted by molar-refractivity contribution is 0.524. The van der Waals surface area contributed by atoms with Gasteiger partial charge in [0.25, 0.3) is 0 Å². The van der Waals surface area contributed by atoms with Gasteiger partial charge in [0, 0.05) is 23.6 Å². The summed E-state index contributed by atoms with van der Waals surface area (Å²) in [5, 5.41) is 6.95. The summed E-state index contributed by atoms with van der Waals surface area (Å²) in [7, 11) is 2.02. The zero-order valence-electron chi connectivity index (χ0n) is 12.9. The highest BCUT2D eigenvalue weighted by molar-refractivity contribution is 5.49. The maximum absolute atomic E-state index is 13.8. The van der Waals surface area contributed by atoms with Crippen LogP contribution in [0.1, 0.15) is 36.4 Å². The third-order valence-electron chi connectivity index (χ3n) is 5.31. The van der Waals surface area contributed by atoms with Crippen LogP contribution >= 0.6 is 0 Å². The third-order valence-corrected chi connectivity index (χ3v) is 5.31. The average Bonchev–Trinajstić information content (AvgIpc) is 3.04. The van der Waals surface area contributed by atoms with E-state index in [-0.39, 0.29) is 17.8 Å². The molecule has 2 aliphatic carbocycles. The maximum atomic E-state index is 13.8. The molecule has 1 heterocycles. The van der Waals surface area contributed by atoms with Crippen molar-refractivity contribution in [1.29, 1.82) is 0 Å². The number of fused-ring (bicyclic) bond motifs is 2. The first kappa shape index (κ1) is 13.8. The molecule has 0 bridgehead atoms. The van der Waals surface area contributed by atoms with E-state index in [0.717, 1.165) is 6.42 Å². The van der Waals surface area contributed by atoms with Crippen LogP contribution in [0.15, 0.2) is 59.6 Å². The molecule has 4 rings (SSSR count). The highest BCUT2D eigenvalue weighted by Gasteiger charge is 2.40. The zero-order valence-corrected chi connectivity index (χ0v) is 12.9. The van der Waals surface area contributed by atoms with Gasteiger partial charge in [-0.1, -0.05) is 30.3 Å². The molecule has 114 valence electrons. The van der Waals surface area contributed by atoms with Crippen molar-refractivity contribution < 1.29 is 4.39 Å². The molecule has 3 heteroatoms. The summed E-state index contributed by atoms with van der Waals surface area (Å²) < 4.78 is 13.8. The van der Waals surface area contributed by atoms with Crippen molar-refractivity contribution in [1.82, 2.24) is 10.6 Å². The van der Waals surface area contributed by atoms with Crippen LogP contribution in [-0.4, -0.2) is 13.1 Å². The zero-order chi connectivity index (χ0) is 15.3. The van der Waals surface area contributed by atoms with Crippen LogP contribution in [0.3, 0.4) is 0 Å². The van der Waals surface area contributed by atoms with Gasteiger partial charge < -0.3 is 10.6 Å². The fourth-order valence-electron chi connectivity index (χ4n) is 4.35. The largest absolute Gasteiger partial charge is 0.381 e. The summed E-state index contributed by atoms with van der Waals surface area (Å²) in [4.78, 5) is 0. The first-order chi connectivity index (χ1) is 10.7. The van der Waals surface area contributed by atoms with E-state index in [1.165, 1.54) is 22.4 Å². The lowest BCUT2D eigenvalue weighted by Gasteiger charge is -2.23. The van der Waals surface area contributed by atoms with E-state index in [1.54, 1.807) is 12.2 Å². The second-order valence-corrected chi connectivity index (χ2v) is 6.45. The van der Waals surface area contributed by atoms with Crippen LogP contribution in [0, 0.1) is 5.92 Å². The molecule has 0 amide bonds. The fraction of sp³-hybridized carbons (Fsp3) is 0.368. The van der Waals surface area contributed by atoms with Crippen LogP contribution < -0.4 is 10.6 Å². The SMILES string of the molecule is CNC1CC(C2=C(C)NC3C=CC(F)=CC23)c2ccccc21. The Morgan fingerprint density at radius 3 is 2.77 bits per heavy atom. The fourth-order valence-corrected chi connectivity index (χ4v) is 4.35. The number of allylic oxidation sites excluding steroid dienone is 3. The number of benzene rings is 1. The monoisotopic (exact) mass is 296 g/mol. The Kier molecular flexibility index (Phi) is 3.19. The Labute approximate surface area is 130 Å². The number of nitrogens with one attached hydrogen (secondary N) is 2. The quantitative estimate of drug-likeness (QED) is 0.869. The number of hydrogen-bond acceptors (Lipinski definition) is 2. The lowest BCUT2D eigenvalue weighted by atomic mass is 9.80. The van der Waals surface area contributed by atoms with Crippen molar-refractivity contribution in [3.8, 4) is 0 Å². The molecule has 0 radical (unpaired) electrons. The first-order valence-corrected chi connectivity index (χ1v) is 7.98. The molecule has 0 aromatic heterocycles. The molecule has 0 saturated carbocycles. The summed E-state index contributed by atoms with van der Waals surface area (Å²) in [6.07, 6.45) is 6.35. The molecule has 1 aromatic carbocycles. The summed E-state index contributed by atoms with van der Waals surface area (Å²) in [6, 6.07) is 9.24. The highest BCUT2D eigenvalue weighted by atomic mass is 19.1. The molecule has 0 spiro atoms. The smallest absolute Gasteiger partial charge is 0.119 e. The predicted octanol–water partition coefficient (Wildman–Crippen LogP) is 3.72. The Morgan fingerprint density at radius 2 is 2.00 bits per heavy atom. The van der Waals surface area contributed by atoms with Gasteiger partial charge in [0.05, 0.1) is 6.04 Å². The topological polar surface area (TPSA) is 24.1 Å². The molecule has 4 atom stereocenters. The number of halogens is 1. The Morgan fingerprint density at radius 1 is 1.23 bits per heavy atom. The van der Waals surface area contributed by atoms with Crippen molar-refractivity contribution in [2.24, 2.45) is 5.92 Å². The first-order valence-electron chi connectivity index (χ1n) is 7.98. The van der Waals surface area contributed by atoms with Gasteiger partial charge in [0.15, 0.2) is 0 Å². The van der Waals surface area contributed by atoms with Crippen LogP contribution in [0.2, 0.25) is 0 Å². The maximum Gasteiger partial charge on any atom is 0.119 e. The van der Waals surface area contributed by atoms with Gasteiger partial charge in [-0.15, -0.1) is 0 Å². The van der Waals surface area contributed by atoms with Gasteiger partial charge in [-0.05, 0) is 49.2 Å². The van der Waals surface area contributed by atoms with Gasteiger partial charge in [-0.2, -0.15) is 0 Å². The second-order valence-electron chi connectivity index (χ2n) is 6.45. The molecule has 0 saturated heterocycles. The second kappa shape index (κ2) is 5.10. The van der Waals surface area contributed by atoms with Crippen LogP contribution in [0.4, 0.5) is 4.39 Å². The van der Waals surface area contributed by atoms with Gasteiger partial charge in [0.1, 0.15) is 5.83 Å². The molecule has 3 aliphatic rings. The molecule has 4 unspecified atom stereocenters. The molecule has 2 N–H and O–H groups in total. The van der Waals surface area contributed by atoms with Crippen molar-refractivity contribution in [2.45, 2.75) is 31.3 Å². The van der Waals surface area contributed by atoms with Crippen molar-refractivity contribution >= 4 is 0 Å². The van der Waals surface area contributed by atoms with Crippen LogP contribution in [-0.2, 0) is 0 Å². The van der Waals surface area contributed by atoms with E-state index in [9.17, 15) is 4.39 Å². The molecular weight excluding hydrogens is 275 g/mol. The third kappa shape index (κ3) is 1.96. The highest BCUT2D eigenvalue weighted by Crippen LogP contribution is 2.49. The van der Waals surface area contributed by atoms with Crippen LogP contribution in [0.5, 0.6) is 0 Å². The molecule has 1 aliphatic heterocycles. The minimum atomic E-state index is -0.119. The van der Waals surface area contributed by atoms with E-state index in [4.69, 9.17) is 0 Å². The predicted molar refractivity (Wildman–Crippen MR) is 87.0 cm³/mol. The number of hydrogen-bond donors (Lipinski definition) is 2. The minimum absolute atomic E-state index is 0.119. The van der Waals surface area contributed by atoms with Crippen molar-refractivity contribution in [3.05, 3.63) is 70.7 Å². The van der Waals surface area contributed by atoms with Gasteiger partial charge in [0.2, 0.25) is 0 Å².